The lowest BCUT2D eigenvalue weighted by molar-refractivity contribution is -0.453. The van der Waals surface area contributed by atoms with Gasteiger partial charge in [-0.1, -0.05) is 30.3 Å². The number of aliphatic hydroxyl groups excluding tert-OH is 1. The Morgan fingerprint density at radius 1 is 1.15 bits per heavy atom. The van der Waals surface area contributed by atoms with Crippen molar-refractivity contribution in [1.29, 1.82) is 0 Å². The molecule has 6 nitrogen and oxygen atoms in total. The van der Waals surface area contributed by atoms with E-state index >= 15 is 0 Å². The van der Waals surface area contributed by atoms with Gasteiger partial charge >= 0.3 is 0 Å². The number of hydrogen-bond acceptors (Lipinski definition) is 6. The molecule has 1 aromatic rings. The number of ether oxygens (including phenoxy) is 4. The lowest BCUT2D eigenvalue weighted by Gasteiger charge is -2.53. The van der Waals surface area contributed by atoms with E-state index in [2.05, 4.69) is 29.2 Å². The summed E-state index contributed by atoms with van der Waals surface area (Å²) in [5, 5.41) is 10.4. The first-order valence-corrected chi connectivity index (χ1v) is 9.72. The number of benzene rings is 1. The standard InChI is InChI=1S/C21H33NO5/c1-15(23)17-11-12-22(13-16-9-7-6-8-10-16)14-18-19(17)27-21(3,25-5)20(2,24-4)26-18/h6-10,15,17-19,23H,11-14H2,1-5H3/t15-,17+,18+,19+,20-,21-/m0/s1. The largest absolute Gasteiger partial charge is 0.393 e. The third-order valence-electron chi connectivity index (χ3n) is 6.22. The van der Waals surface area contributed by atoms with Gasteiger partial charge in [0, 0.05) is 33.2 Å². The van der Waals surface area contributed by atoms with Gasteiger partial charge in [-0.05, 0) is 39.3 Å². The van der Waals surface area contributed by atoms with Crippen LogP contribution in [0.3, 0.4) is 0 Å². The summed E-state index contributed by atoms with van der Waals surface area (Å²) in [7, 11) is 3.20. The fraction of sp³-hybridized carbons (Fsp3) is 0.714. The van der Waals surface area contributed by atoms with Crippen LogP contribution in [0.1, 0.15) is 32.8 Å². The molecule has 6 atom stereocenters. The zero-order valence-corrected chi connectivity index (χ0v) is 17.1. The highest BCUT2D eigenvalue weighted by Gasteiger charge is 2.58. The van der Waals surface area contributed by atoms with Crippen molar-refractivity contribution in [3.63, 3.8) is 0 Å². The molecule has 6 heteroatoms. The Kier molecular flexibility index (Phi) is 6.25. The molecule has 2 aliphatic heterocycles. The van der Waals surface area contributed by atoms with Crippen LogP contribution in [0.4, 0.5) is 0 Å². The summed E-state index contributed by atoms with van der Waals surface area (Å²) in [4.78, 5) is 2.37. The molecule has 3 rings (SSSR count). The van der Waals surface area contributed by atoms with Gasteiger partial charge in [-0.25, -0.2) is 0 Å². The number of likely N-dealkylation sites (tertiary alicyclic amines) is 1. The fourth-order valence-corrected chi connectivity index (χ4v) is 4.22. The number of aliphatic hydroxyl groups is 1. The molecule has 0 aliphatic carbocycles. The molecule has 0 aromatic heterocycles. The number of fused-ring (bicyclic) bond motifs is 1. The molecule has 0 amide bonds. The van der Waals surface area contributed by atoms with Gasteiger partial charge < -0.3 is 24.1 Å². The minimum atomic E-state index is -1.05. The molecule has 27 heavy (non-hydrogen) atoms. The summed E-state index contributed by atoms with van der Waals surface area (Å²) in [5.41, 5.74) is 1.26. The highest BCUT2D eigenvalue weighted by atomic mass is 16.8. The second-order valence-corrected chi connectivity index (χ2v) is 7.95. The summed E-state index contributed by atoms with van der Waals surface area (Å²) < 4.78 is 24.2. The Morgan fingerprint density at radius 2 is 1.78 bits per heavy atom. The predicted octanol–water partition coefficient (Wildman–Crippen LogP) is 2.40. The van der Waals surface area contributed by atoms with Crippen LogP contribution in [0.25, 0.3) is 0 Å². The molecule has 0 saturated carbocycles. The minimum Gasteiger partial charge on any atom is -0.393 e. The molecule has 1 N–H and O–H groups in total. The topological polar surface area (TPSA) is 60.4 Å². The lowest BCUT2D eigenvalue weighted by Crippen LogP contribution is -2.67. The van der Waals surface area contributed by atoms with Crippen molar-refractivity contribution in [3.05, 3.63) is 35.9 Å². The maximum atomic E-state index is 10.4. The Balaban J connectivity index is 1.85. The lowest BCUT2D eigenvalue weighted by atomic mass is 9.89. The highest BCUT2D eigenvalue weighted by Crippen LogP contribution is 2.43. The van der Waals surface area contributed by atoms with E-state index in [9.17, 15) is 5.11 Å². The molecule has 2 fully saturated rings. The first-order valence-electron chi connectivity index (χ1n) is 9.72. The van der Waals surface area contributed by atoms with Crippen molar-refractivity contribution in [3.8, 4) is 0 Å². The minimum absolute atomic E-state index is 0.0355. The predicted molar refractivity (Wildman–Crippen MR) is 102 cm³/mol. The van der Waals surface area contributed by atoms with Crippen LogP contribution in [-0.2, 0) is 25.5 Å². The van der Waals surface area contributed by atoms with Gasteiger partial charge in [0.05, 0.1) is 12.2 Å². The molecule has 0 bridgehead atoms. The van der Waals surface area contributed by atoms with Crippen LogP contribution in [-0.4, -0.2) is 67.2 Å². The average Bonchev–Trinajstić information content (AvgIpc) is 2.81. The number of hydrogen-bond donors (Lipinski definition) is 1. The van der Waals surface area contributed by atoms with E-state index in [4.69, 9.17) is 18.9 Å². The van der Waals surface area contributed by atoms with E-state index in [0.29, 0.717) is 6.54 Å². The van der Waals surface area contributed by atoms with Gasteiger partial charge in [0.2, 0.25) is 11.6 Å². The van der Waals surface area contributed by atoms with Gasteiger partial charge in [-0.15, -0.1) is 0 Å². The monoisotopic (exact) mass is 379 g/mol. The molecule has 2 aliphatic rings. The van der Waals surface area contributed by atoms with Crippen molar-refractivity contribution in [2.75, 3.05) is 27.3 Å². The van der Waals surface area contributed by atoms with Crippen molar-refractivity contribution in [2.45, 2.75) is 63.6 Å². The molecule has 0 radical (unpaired) electrons. The van der Waals surface area contributed by atoms with E-state index in [1.165, 1.54) is 5.56 Å². The first kappa shape index (κ1) is 20.7. The smallest absolute Gasteiger partial charge is 0.220 e. The Labute approximate surface area is 162 Å². The fourth-order valence-electron chi connectivity index (χ4n) is 4.22. The summed E-state index contributed by atoms with van der Waals surface area (Å²) >= 11 is 0. The van der Waals surface area contributed by atoms with Crippen molar-refractivity contribution in [1.82, 2.24) is 4.90 Å². The Morgan fingerprint density at radius 3 is 2.37 bits per heavy atom. The van der Waals surface area contributed by atoms with Crippen LogP contribution in [0.2, 0.25) is 0 Å². The van der Waals surface area contributed by atoms with Gasteiger partial charge in [-0.3, -0.25) is 4.90 Å². The van der Waals surface area contributed by atoms with Gasteiger partial charge in [0.25, 0.3) is 0 Å². The van der Waals surface area contributed by atoms with E-state index in [0.717, 1.165) is 19.5 Å². The van der Waals surface area contributed by atoms with E-state index in [1.54, 1.807) is 14.2 Å². The van der Waals surface area contributed by atoms with Crippen LogP contribution in [0.5, 0.6) is 0 Å². The van der Waals surface area contributed by atoms with Gasteiger partial charge in [0.1, 0.15) is 6.10 Å². The average molecular weight is 379 g/mol. The molecule has 152 valence electrons. The Hall–Kier alpha value is -1.02. The van der Waals surface area contributed by atoms with E-state index in [-0.39, 0.29) is 18.1 Å². The van der Waals surface area contributed by atoms with E-state index < -0.39 is 17.7 Å². The third kappa shape index (κ3) is 4.06. The second kappa shape index (κ2) is 8.15. The van der Waals surface area contributed by atoms with Gasteiger partial charge in [-0.2, -0.15) is 0 Å². The SMILES string of the molecule is CO[C@@]1(C)O[C@@H]2[C@@H]([C@H](C)O)CCN(Cc3ccccc3)C[C@H]2O[C@]1(C)OC. The molecule has 1 aromatic carbocycles. The number of nitrogens with zero attached hydrogens (tertiary/aromatic N) is 1. The zero-order chi connectivity index (χ0) is 19.7. The summed E-state index contributed by atoms with van der Waals surface area (Å²) in [6, 6.07) is 10.4. The van der Waals surface area contributed by atoms with Crippen molar-refractivity contribution in [2.24, 2.45) is 5.92 Å². The van der Waals surface area contributed by atoms with E-state index in [1.807, 2.05) is 26.8 Å². The normalized spacial score (nSPS) is 38.8. The number of rotatable bonds is 5. The molecule has 0 spiro atoms. The molecule has 2 heterocycles. The maximum absolute atomic E-state index is 10.4. The summed E-state index contributed by atoms with van der Waals surface area (Å²) in [6.07, 6.45) is -0.146. The first-order chi connectivity index (χ1) is 12.8. The van der Waals surface area contributed by atoms with Crippen LogP contribution in [0.15, 0.2) is 30.3 Å². The second-order valence-electron chi connectivity index (χ2n) is 7.95. The third-order valence-corrected chi connectivity index (χ3v) is 6.22. The van der Waals surface area contributed by atoms with Crippen LogP contribution < -0.4 is 0 Å². The van der Waals surface area contributed by atoms with Crippen molar-refractivity contribution < 1.29 is 24.1 Å². The van der Waals surface area contributed by atoms with Crippen LogP contribution >= 0.6 is 0 Å². The van der Waals surface area contributed by atoms with Crippen LogP contribution in [0, 0.1) is 5.92 Å². The van der Waals surface area contributed by atoms with Crippen molar-refractivity contribution >= 4 is 0 Å². The molecule has 0 unspecified atom stereocenters. The summed E-state index contributed by atoms with van der Waals surface area (Å²) in [6.45, 7) is 7.92. The quantitative estimate of drug-likeness (QED) is 0.848. The molecular weight excluding hydrogens is 346 g/mol. The summed E-state index contributed by atoms with van der Waals surface area (Å²) in [5.74, 6) is -2.12. The molecule has 2 saturated heterocycles. The van der Waals surface area contributed by atoms with Gasteiger partial charge in [0.15, 0.2) is 0 Å². The maximum Gasteiger partial charge on any atom is 0.220 e. The Bertz CT molecular complexity index is 612. The number of methoxy groups -OCH3 is 2. The highest BCUT2D eigenvalue weighted by molar-refractivity contribution is 5.14. The molecular formula is C21H33NO5. The zero-order valence-electron chi connectivity index (χ0n) is 17.1.